The molecule has 1 saturated carbocycles. The third-order valence-corrected chi connectivity index (χ3v) is 5.38. The van der Waals surface area contributed by atoms with Crippen molar-refractivity contribution in [2.45, 2.75) is 38.1 Å². The number of pyridine rings is 1. The van der Waals surface area contributed by atoms with Gasteiger partial charge in [-0.2, -0.15) is 0 Å². The fourth-order valence-corrected chi connectivity index (χ4v) is 3.88. The van der Waals surface area contributed by atoms with Gasteiger partial charge in [-0.05, 0) is 49.3 Å². The van der Waals surface area contributed by atoms with Crippen molar-refractivity contribution in [1.29, 1.82) is 0 Å². The average molecular weight is 326 g/mol. The molecule has 2 saturated heterocycles. The largest absolute Gasteiger partial charge is 0.447 e. The van der Waals surface area contributed by atoms with Gasteiger partial charge in [-0.3, -0.25) is 4.90 Å². The SMILES string of the molecule is C[C@@H]1CN[C@@H](c2cn3cc(C4CC4)cc(N4CCOC4=O)c3n2)C1. The van der Waals surface area contributed by atoms with E-state index in [4.69, 9.17) is 9.72 Å². The molecular formula is C18H22N4O2. The monoisotopic (exact) mass is 326 g/mol. The molecule has 3 fully saturated rings. The van der Waals surface area contributed by atoms with E-state index < -0.39 is 0 Å². The molecule has 2 atom stereocenters. The number of nitrogens with one attached hydrogen (secondary N) is 1. The summed E-state index contributed by atoms with van der Waals surface area (Å²) in [5, 5.41) is 3.55. The lowest BCUT2D eigenvalue weighted by molar-refractivity contribution is 0.181. The van der Waals surface area contributed by atoms with Crippen molar-refractivity contribution in [3.05, 3.63) is 29.7 Å². The number of hydrogen-bond acceptors (Lipinski definition) is 4. The zero-order valence-corrected chi connectivity index (χ0v) is 13.9. The number of ether oxygens (including phenoxy) is 1. The van der Waals surface area contributed by atoms with Gasteiger partial charge in [0.25, 0.3) is 0 Å². The highest BCUT2D eigenvalue weighted by Crippen LogP contribution is 2.42. The van der Waals surface area contributed by atoms with Crippen molar-refractivity contribution >= 4 is 17.4 Å². The van der Waals surface area contributed by atoms with Gasteiger partial charge in [-0.1, -0.05) is 6.92 Å². The van der Waals surface area contributed by atoms with Gasteiger partial charge in [0.2, 0.25) is 0 Å². The zero-order chi connectivity index (χ0) is 16.3. The quantitative estimate of drug-likeness (QED) is 0.942. The summed E-state index contributed by atoms with van der Waals surface area (Å²) >= 11 is 0. The molecule has 0 aromatic carbocycles. The van der Waals surface area contributed by atoms with E-state index in [-0.39, 0.29) is 6.09 Å². The molecule has 1 amide bonds. The van der Waals surface area contributed by atoms with E-state index in [9.17, 15) is 4.79 Å². The maximum absolute atomic E-state index is 12.1. The minimum atomic E-state index is -0.262. The Bertz CT molecular complexity index is 811. The first-order chi connectivity index (χ1) is 11.7. The Morgan fingerprint density at radius 1 is 1.33 bits per heavy atom. The molecule has 2 aromatic heterocycles. The number of imidazole rings is 1. The number of amides is 1. The number of carbonyl (C=O) groups is 1. The van der Waals surface area contributed by atoms with Gasteiger partial charge in [0, 0.05) is 12.4 Å². The number of carbonyl (C=O) groups excluding carboxylic acids is 1. The molecule has 0 unspecified atom stereocenters. The van der Waals surface area contributed by atoms with Crippen LogP contribution in [0.25, 0.3) is 5.65 Å². The molecule has 4 heterocycles. The van der Waals surface area contributed by atoms with Crippen LogP contribution >= 0.6 is 0 Å². The Morgan fingerprint density at radius 2 is 2.21 bits per heavy atom. The van der Waals surface area contributed by atoms with Crippen LogP contribution in [-0.2, 0) is 4.74 Å². The lowest BCUT2D eigenvalue weighted by atomic mass is 10.1. The summed E-state index contributed by atoms with van der Waals surface area (Å²) in [5.74, 6) is 1.30. The van der Waals surface area contributed by atoms with E-state index in [2.05, 4.69) is 35.1 Å². The number of anilines is 1. The molecule has 6 nitrogen and oxygen atoms in total. The summed E-state index contributed by atoms with van der Waals surface area (Å²) in [4.78, 5) is 18.7. The fraction of sp³-hybridized carbons (Fsp3) is 0.556. The van der Waals surface area contributed by atoms with E-state index in [1.807, 2.05) is 0 Å². The van der Waals surface area contributed by atoms with Crippen LogP contribution in [0, 0.1) is 5.92 Å². The highest BCUT2D eigenvalue weighted by Gasteiger charge is 2.31. The van der Waals surface area contributed by atoms with Crippen molar-refractivity contribution in [1.82, 2.24) is 14.7 Å². The van der Waals surface area contributed by atoms with Gasteiger partial charge < -0.3 is 14.5 Å². The Balaban J connectivity index is 1.62. The second-order valence-corrected chi connectivity index (χ2v) is 7.40. The molecule has 1 N–H and O–H groups in total. The normalized spacial score (nSPS) is 27.2. The number of hydrogen-bond donors (Lipinski definition) is 1. The molecule has 6 heteroatoms. The molecule has 5 rings (SSSR count). The summed E-state index contributed by atoms with van der Waals surface area (Å²) in [6, 6.07) is 2.45. The summed E-state index contributed by atoms with van der Waals surface area (Å²) in [6.07, 6.45) is 7.63. The highest BCUT2D eigenvalue weighted by atomic mass is 16.6. The number of fused-ring (bicyclic) bond motifs is 1. The molecule has 2 aromatic rings. The number of nitrogens with zero attached hydrogens (tertiary/aromatic N) is 3. The highest BCUT2D eigenvalue weighted by molar-refractivity contribution is 5.94. The third-order valence-electron chi connectivity index (χ3n) is 5.38. The van der Waals surface area contributed by atoms with E-state index >= 15 is 0 Å². The smallest absolute Gasteiger partial charge is 0.414 e. The van der Waals surface area contributed by atoms with E-state index in [0.717, 1.165) is 30.0 Å². The summed E-state index contributed by atoms with van der Waals surface area (Å²) in [5.41, 5.74) is 4.11. The first-order valence-corrected chi connectivity index (χ1v) is 8.89. The Hall–Kier alpha value is -2.08. The van der Waals surface area contributed by atoms with Crippen LogP contribution in [-0.4, -0.2) is 35.2 Å². The van der Waals surface area contributed by atoms with Crippen LogP contribution in [0.4, 0.5) is 10.5 Å². The molecule has 0 spiro atoms. The predicted molar refractivity (Wildman–Crippen MR) is 90.4 cm³/mol. The minimum Gasteiger partial charge on any atom is -0.447 e. The zero-order valence-electron chi connectivity index (χ0n) is 13.9. The summed E-state index contributed by atoms with van der Waals surface area (Å²) < 4.78 is 7.25. The van der Waals surface area contributed by atoms with Gasteiger partial charge in [0.05, 0.1) is 24.0 Å². The van der Waals surface area contributed by atoms with E-state index in [0.29, 0.717) is 31.0 Å². The Morgan fingerprint density at radius 3 is 2.88 bits per heavy atom. The van der Waals surface area contributed by atoms with Crippen molar-refractivity contribution in [3.8, 4) is 0 Å². The third kappa shape index (κ3) is 2.28. The van der Waals surface area contributed by atoms with E-state index in [1.54, 1.807) is 4.90 Å². The lowest BCUT2D eigenvalue weighted by Gasteiger charge is -2.15. The predicted octanol–water partition coefficient (Wildman–Crippen LogP) is 2.84. The van der Waals surface area contributed by atoms with Crippen molar-refractivity contribution < 1.29 is 9.53 Å². The molecular weight excluding hydrogens is 304 g/mol. The van der Waals surface area contributed by atoms with Crippen LogP contribution in [0.15, 0.2) is 18.5 Å². The van der Waals surface area contributed by atoms with Crippen molar-refractivity contribution in [2.75, 3.05) is 24.6 Å². The van der Waals surface area contributed by atoms with Crippen LogP contribution in [0.1, 0.15) is 49.4 Å². The molecule has 126 valence electrons. The van der Waals surface area contributed by atoms with Gasteiger partial charge in [0.1, 0.15) is 6.61 Å². The van der Waals surface area contributed by atoms with Crippen LogP contribution < -0.4 is 10.2 Å². The van der Waals surface area contributed by atoms with Crippen molar-refractivity contribution in [3.63, 3.8) is 0 Å². The minimum absolute atomic E-state index is 0.262. The standard InChI is InChI=1S/C18H22N4O2/c1-11-6-14(19-8-11)15-10-21-9-13(12-2-3-12)7-16(17(21)20-15)22-4-5-24-18(22)23/h7,9-12,14,19H,2-6,8H2,1H3/t11-,14+/m0/s1. The Kier molecular flexibility index (Phi) is 3.10. The van der Waals surface area contributed by atoms with Gasteiger partial charge in [-0.25, -0.2) is 9.78 Å². The lowest BCUT2D eigenvalue weighted by Crippen LogP contribution is -2.24. The van der Waals surface area contributed by atoms with E-state index in [1.165, 1.54) is 18.4 Å². The fourth-order valence-electron chi connectivity index (χ4n) is 3.88. The molecule has 0 radical (unpaired) electrons. The molecule has 1 aliphatic carbocycles. The van der Waals surface area contributed by atoms with Crippen LogP contribution in [0.2, 0.25) is 0 Å². The maximum Gasteiger partial charge on any atom is 0.414 e. The summed E-state index contributed by atoms with van der Waals surface area (Å²) in [7, 11) is 0. The first-order valence-electron chi connectivity index (χ1n) is 8.89. The van der Waals surface area contributed by atoms with Gasteiger partial charge in [0.15, 0.2) is 5.65 Å². The molecule has 2 aliphatic heterocycles. The second kappa shape index (κ2) is 5.21. The second-order valence-electron chi connectivity index (χ2n) is 7.40. The number of cyclic esters (lactones) is 1. The Labute approximate surface area is 140 Å². The van der Waals surface area contributed by atoms with Crippen LogP contribution in [0.3, 0.4) is 0 Å². The number of rotatable bonds is 3. The maximum atomic E-state index is 12.1. The molecule has 24 heavy (non-hydrogen) atoms. The average Bonchev–Trinajstić information content (AvgIpc) is 2.97. The number of aromatic nitrogens is 2. The molecule has 3 aliphatic rings. The summed E-state index contributed by atoms with van der Waals surface area (Å²) in [6.45, 7) is 4.36. The van der Waals surface area contributed by atoms with Gasteiger partial charge >= 0.3 is 6.09 Å². The van der Waals surface area contributed by atoms with Gasteiger partial charge in [-0.15, -0.1) is 0 Å². The van der Waals surface area contributed by atoms with Crippen LogP contribution in [0.5, 0.6) is 0 Å². The van der Waals surface area contributed by atoms with Crippen molar-refractivity contribution in [2.24, 2.45) is 5.92 Å². The topological polar surface area (TPSA) is 58.9 Å². The first kappa shape index (κ1) is 14.3. The molecule has 0 bridgehead atoms.